The molecular formula is C41H68N2. The third kappa shape index (κ3) is 11.5. The minimum Gasteiger partial charge on any atom is -0.327 e. The van der Waals surface area contributed by atoms with Crippen molar-refractivity contribution in [3.63, 3.8) is 0 Å². The molecule has 3 aliphatic rings. The topological polar surface area (TPSA) is 52.0 Å². The SMILES string of the molecule is C=CC1CC=CCC1C(=C)C(=C)C/C(=C/CCC)CCC1CC(C)C(N)C1/C=C(\C)C(C)N.CCC1CCC(C)=C(C)C1. The van der Waals surface area contributed by atoms with Crippen LogP contribution in [0.25, 0.3) is 0 Å². The second kappa shape index (κ2) is 18.8. The van der Waals surface area contributed by atoms with Gasteiger partial charge < -0.3 is 11.5 Å². The molecule has 0 saturated heterocycles. The van der Waals surface area contributed by atoms with E-state index in [1.807, 2.05) is 0 Å². The Morgan fingerprint density at radius 3 is 2.42 bits per heavy atom. The van der Waals surface area contributed by atoms with Crippen molar-refractivity contribution in [3.05, 3.63) is 83.6 Å². The van der Waals surface area contributed by atoms with Gasteiger partial charge in [0.15, 0.2) is 0 Å². The highest BCUT2D eigenvalue weighted by atomic mass is 14.7. The Morgan fingerprint density at radius 1 is 1.12 bits per heavy atom. The lowest BCUT2D eigenvalue weighted by atomic mass is 9.75. The monoisotopic (exact) mass is 589 g/mol. The molecule has 3 rings (SSSR count). The van der Waals surface area contributed by atoms with Crippen LogP contribution in [0.15, 0.2) is 83.6 Å². The summed E-state index contributed by atoms with van der Waals surface area (Å²) >= 11 is 0. The lowest BCUT2D eigenvalue weighted by molar-refractivity contribution is 0.401. The maximum Gasteiger partial charge on any atom is 0.0222 e. The van der Waals surface area contributed by atoms with Gasteiger partial charge in [-0.2, -0.15) is 0 Å². The Labute approximate surface area is 267 Å². The molecule has 0 spiro atoms. The first-order valence-electron chi connectivity index (χ1n) is 17.6. The highest BCUT2D eigenvalue weighted by molar-refractivity contribution is 5.34. The maximum absolute atomic E-state index is 6.64. The van der Waals surface area contributed by atoms with Crippen molar-refractivity contribution in [2.24, 2.45) is 47.0 Å². The summed E-state index contributed by atoms with van der Waals surface area (Å²) in [7, 11) is 0. The normalized spacial score (nSPS) is 30.5. The molecule has 0 aromatic carbocycles. The molecular weight excluding hydrogens is 520 g/mol. The van der Waals surface area contributed by atoms with Crippen molar-refractivity contribution in [2.45, 2.75) is 138 Å². The number of unbranched alkanes of at least 4 members (excludes halogenated alkanes) is 1. The van der Waals surface area contributed by atoms with Crippen molar-refractivity contribution in [3.8, 4) is 0 Å². The fraction of sp³-hybridized carbons (Fsp3) is 0.659. The Bertz CT molecular complexity index is 1030. The van der Waals surface area contributed by atoms with Crippen LogP contribution in [0, 0.1) is 35.5 Å². The molecule has 8 unspecified atom stereocenters. The molecule has 0 radical (unpaired) electrons. The van der Waals surface area contributed by atoms with Crippen LogP contribution in [0.4, 0.5) is 0 Å². The molecule has 0 amide bonds. The van der Waals surface area contributed by atoms with Crippen molar-refractivity contribution in [1.82, 2.24) is 0 Å². The number of allylic oxidation sites excluding steroid dienone is 9. The fourth-order valence-electron chi connectivity index (χ4n) is 7.32. The molecule has 0 aromatic heterocycles. The summed E-state index contributed by atoms with van der Waals surface area (Å²) in [6.07, 6.45) is 25.9. The van der Waals surface area contributed by atoms with E-state index in [0.717, 1.165) is 38.0 Å². The average molecular weight is 589 g/mol. The first-order valence-corrected chi connectivity index (χ1v) is 17.6. The Hall–Kier alpha value is -1.90. The molecule has 0 bridgehead atoms. The van der Waals surface area contributed by atoms with Crippen LogP contribution < -0.4 is 11.5 Å². The van der Waals surface area contributed by atoms with Crippen molar-refractivity contribution < 1.29 is 0 Å². The minimum absolute atomic E-state index is 0.0946. The smallest absolute Gasteiger partial charge is 0.0222 e. The van der Waals surface area contributed by atoms with E-state index in [1.54, 1.807) is 11.1 Å². The number of hydrogen-bond donors (Lipinski definition) is 2. The van der Waals surface area contributed by atoms with Crippen LogP contribution in [-0.4, -0.2) is 12.1 Å². The Kier molecular flexibility index (Phi) is 16.3. The van der Waals surface area contributed by atoms with E-state index in [2.05, 4.69) is 98.6 Å². The summed E-state index contributed by atoms with van der Waals surface area (Å²) in [6.45, 7) is 28.7. The average Bonchev–Trinajstić information content (AvgIpc) is 3.27. The zero-order chi connectivity index (χ0) is 32.1. The van der Waals surface area contributed by atoms with E-state index in [0.29, 0.717) is 29.6 Å². The van der Waals surface area contributed by atoms with Crippen LogP contribution >= 0.6 is 0 Å². The zero-order valence-electron chi connectivity index (χ0n) is 29.3. The van der Waals surface area contributed by atoms with Gasteiger partial charge in [0, 0.05) is 12.1 Å². The summed E-state index contributed by atoms with van der Waals surface area (Å²) in [5.41, 5.74) is 21.3. The predicted molar refractivity (Wildman–Crippen MR) is 193 cm³/mol. The Balaban J connectivity index is 0.000000543. The van der Waals surface area contributed by atoms with Crippen molar-refractivity contribution in [1.29, 1.82) is 0 Å². The molecule has 2 nitrogen and oxygen atoms in total. The first-order chi connectivity index (χ1) is 20.4. The van der Waals surface area contributed by atoms with Gasteiger partial charge in [0.1, 0.15) is 0 Å². The quantitative estimate of drug-likeness (QED) is 0.166. The maximum atomic E-state index is 6.64. The van der Waals surface area contributed by atoms with Crippen molar-refractivity contribution in [2.75, 3.05) is 0 Å². The minimum atomic E-state index is 0.0946. The second-order valence-corrected chi connectivity index (χ2v) is 14.3. The number of hydrogen-bond acceptors (Lipinski definition) is 2. The van der Waals surface area contributed by atoms with Gasteiger partial charge in [-0.05, 0) is 139 Å². The first kappa shape index (κ1) is 37.3. The van der Waals surface area contributed by atoms with Crippen LogP contribution in [0.5, 0.6) is 0 Å². The van der Waals surface area contributed by atoms with E-state index in [9.17, 15) is 0 Å². The van der Waals surface area contributed by atoms with Gasteiger partial charge in [0.25, 0.3) is 0 Å². The van der Waals surface area contributed by atoms with Crippen LogP contribution in [-0.2, 0) is 0 Å². The van der Waals surface area contributed by atoms with Gasteiger partial charge in [-0.3, -0.25) is 0 Å². The molecule has 2 heteroatoms. The molecule has 1 saturated carbocycles. The summed E-state index contributed by atoms with van der Waals surface area (Å²) in [4.78, 5) is 0. The number of rotatable bonds is 13. The van der Waals surface area contributed by atoms with Gasteiger partial charge in [-0.15, -0.1) is 6.58 Å². The summed E-state index contributed by atoms with van der Waals surface area (Å²) < 4.78 is 0. The van der Waals surface area contributed by atoms with E-state index in [4.69, 9.17) is 11.5 Å². The van der Waals surface area contributed by atoms with E-state index in [-0.39, 0.29) is 12.1 Å². The highest BCUT2D eigenvalue weighted by Crippen LogP contribution is 2.41. The van der Waals surface area contributed by atoms with Gasteiger partial charge in [0.05, 0.1) is 0 Å². The summed E-state index contributed by atoms with van der Waals surface area (Å²) in [6, 6.07) is 0.328. The standard InChI is InChI=1S/C31H50N2.C10H18/c1-8-10-13-26(18-21(3)24(6)29-15-12-11-14-27(29)9-2)16-17-28-19-23(5)31(33)30(28)20-22(4)25(7)32;1-4-10-6-5-8(2)9(3)7-10/h9,11-13,20,23,25,27-31H,2-3,6,8,10,14-19,32-33H2,1,4-5,7H3;10H,4-7H2,1-3H3/b22-20+,26-13+;. The third-order valence-corrected chi connectivity index (χ3v) is 11.0. The molecule has 1 fully saturated rings. The van der Waals surface area contributed by atoms with Gasteiger partial charge in [-0.25, -0.2) is 0 Å². The predicted octanol–water partition coefficient (Wildman–Crippen LogP) is 11.2. The molecule has 3 aliphatic carbocycles. The zero-order valence-corrected chi connectivity index (χ0v) is 29.3. The lowest BCUT2D eigenvalue weighted by Crippen LogP contribution is -2.31. The summed E-state index contributed by atoms with van der Waals surface area (Å²) in [5.74, 6) is 3.52. The molecule has 0 heterocycles. The van der Waals surface area contributed by atoms with Crippen LogP contribution in [0.3, 0.4) is 0 Å². The number of nitrogens with two attached hydrogens (primary N) is 2. The van der Waals surface area contributed by atoms with E-state index in [1.165, 1.54) is 67.2 Å². The molecule has 0 aromatic rings. The highest BCUT2D eigenvalue weighted by Gasteiger charge is 2.37. The molecule has 4 N–H and O–H groups in total. The van der Waals surface area contributed by atoms with E-state index < -0.39 is 0 Å². The second-order valence-electron chi connectivity index (χ2n) is 14.3. The van der Waals surface area contributed by atoms with Crippen molar-refractivity contribution >= 4 is 0 Å². The van der Waals surface area contributed by atoms with Gasteiger partial charge in [0.2, 0.25) is 0 Å². The molecule has 242 valence electrons. The molecule has 43 heavy (non-hydrogen) atoms. The van der Waals surface area contributed by atoms with Crippen LogP contribution in [0.1, 0.15) is 126 Å². The van der Waals surface area contributed by atoms with Crippen LogP contribution in [0.2, 0.25) is 0 Å². The third-order valence-electron chi connectivity index (χ3n) is 11.0. The van der Waals surface area contributed by atoms with Gasteiger partial charge in [-0.1, -0.05) is 99.4 Å². The molecule has 8 atom stereocenters. The summed E-state index contributed by atoms with van der Waals surface area (Å²) in [5, 5.41) is 0. The lowest BCUT2D eigenvalue weighted by Gasteiger charge is -2.29. The Morgan fingerprint density at radius 2 is 1.81 bits per heavy atom. The molecule has 0 aliphatic heterocycles. The fourth-order valence-corrected chi connectivity index (χ4v) is 7.32. The van der Waals surface area contributed by atoms with E-state index >= 15 is 0 Å². The van der Waals surface area contributed by atoms with Gasteiger partial charge >= 0.3 is 0 Å². The largest absolute Gasteiger partial charge is 0.327 e.